The first-order valence-corrected chi connectivity index (χ1v) is 7.21. The Bertz CT molecular complexity index is 660. The van der Waals surface area contributed by atoms with Gasteiger partial charge in [0.2, 0.25) is 0 Å². The number of nitrogens with two attached hydrogens (primary N) is 1. The maximum atomic E-state index is 12.4. The smallest absolute Gasteiger partial charge is 0.276 e. The van der Waals surface area contributed by atoms with Crippen molar-refractivity contribution in [3.63, 3.8) is 0 Å². The number of amides is 1. The van der Waals surface area contributed by atoms with Crippen molar-refractivity contribution in [1.29, 1.82) is 0 Å². The number of nitrogen functional groups attached to an aromatic ring is 1. The highest BCUT2D eigenvalue weighted by atomic mass is 79.9. The zero-order valence-electron chi connectivity index (χ0n) is 11.7. The van der Waals surface area contributed by atoms with Crippen LogP contribution in [-0.2, 0) is 0 Å². The number of nitrogens with one attached hydrogen (secondary N) is 2. The van der Waals surface area contributed by atoms with Gasteiger partial charge in [0, 0.05) is 16.1 Å². The van der Waals surface area contributed by atoms with Crippen LogP contribution in [0.3, 0.4) is 0 Å². The van der Waals surface area contributed by atoms with Gasteiger partial charge in [0.05, 0.1) is 11.9 Å². The lowest BCUT2D eigenvalue weighted by Gasteiger charge is -2.11. The third-order valence-corrected chi connectivity index (χ3v) is 3.27. The molecule has 4 N–H and O–H groups in total. The Labute approximate surface area is 131 Å². The number of aromatic nitrogens is 2. The van der Waals surface area contributed by atoms with Crippen LogP contribution in [0.25, 0.3) is 0 Å². The van der Waals surface area contributed by atoms with Crippen LogP contribution in [-0.4, -0.2) is 15.9 Å². The maximum Gasteiger partial charge on any atom is 0.276 e. The zero-order valence-corrected chi connectivity index (χ0v) is 13.3. The molecule has 21 heavy (non-hydrogen) atoms. The van der Waals surface area contributed by atoms with Gasteiger partial charge in [-0.2, -0.15) is 0 Å². The molecule has 1 amide bonds. The fourth-order valence-electron chi connectivity index (χ4n) is 1.71. The van der Waals surface area contributed by atoms with Crippen LogP contribution in [0.2, 0.25) is 0 Å². The molecule has 0 saturated carbocycles. The number of rotatable bonds is 4. The Morgan fingerprint density at radius 1 is 1.38 bits per heavy atom. The number of nitrogens with zero attached hydrogens (tertiary/aromatic N) is 2. The zero-order chi connectivity index (χ0) is 15.4. The molecule has 0 spiro atoms. The van der Waals surface area contributed by atoms with Crippen molar-refractivity contribution in [2.45, 2.75) is 19.8 Å². The molecule has 0 aliphatic heterocycles. The predicted molar refractivity (Wildman–Crippen MR) is 86.0 cm³/mol. The number of benzene rings is 1. The van der Waals surface area contributed by atoms with E-state index in [4.69, 9.17) is 5.84 Å². The van der Waals surface area contributed by atoms with Gasteiger partial charge in [-0.05, 0) is 18.2 Å². The molecule has 1 aromatic carbocycles. The van der Waals surface area contributed by atoms with Crippen molar-refractivity contribution < 1.29 is 4.79 Å². The van der Waals surface area contributed by atoms with E-state index in [1.165, 1.54) is 6.20 Å². The van der Waals surface area contributed by atoms with Crippen LogP contribution < -0.4 is 16.6 Å². The van der Waals surface area contributed by atoms with Gasteiger partial charge in [0.15, 0.2) is 5.69 Å². The van der Waals surface area contributed by atoms with Gasteiger partial charge in [-0.3, -0.25) is 10.6 Å². The Hall–Kier alpha value is -1.99. The first-order chi connectivity index (χ1) is 10.0. The molecule has 6 nitrogen and oxygen atoms in total. The second-order valence-electron chi connectivity index (χ2n) is 4.75. The summed E-state index contributed by atoms with van der Waals surface area (Å²) >= 11 is 3.36. The monoisotopic (exact) mass is 349 g/mol. The van der Waals surface area contributed by atoms with Gasteiger partial charge >= 0.3 is 0 Å². The van der Waals surface area contributed by atoms with Crippen LogP contribution in [0.1, 0.15) is 36.1 Å². The molecule has 0 aliphatic rings. The lowest BCUT2D eigenvalue weighted by Crippen LogP contribution is -2.20. The van der Waals surface area contributed by atoms with Crippen molar-refractivity contribution in [3.8, 4) is 0 Å². The number of carbonyl (C=O) groups is 1. The van der Waals surface area contributed by atoms with Crippen molar-refractivity contribution in [2.75, 3.05) is 10.7 Å². The largest absolute Gasteiger partial charge is 0.321 e. The summed E-state index contributed by atoms with van der Waals surface area (Å²) in [5, 5.41) is 2.79. The first-order valence-electron chi connectivity index (χ1n) is 6.41. The minimum absolute atomic E-state index is 0.120. The SMILES string of the molecule is CC(C)c1ncc(NN)c(C(=O)Nc2cccc(Br)c2)n1. The van der Waals surface area contributed by atoms with Crippen molar-refractivity contribution in [2.24, 2.45) is 5.84 Å². The third kappa shape index (κ3) is 3.77. The summed E-state index contributed by atoms with van der Waals surface area (Å²) in [6.45, 7) is 3.92. The number of anilines is 2. The molecule has 2 aromatic rings. The van der Waals surface area contributed by atoms with Gasteiger partial charge < -0.3 is 10.7 Å². The molecule has 7 heteroatoms. The second-order valence-corrected chi connectivity index (χ2v) is 5.67. The summed E-state index contributed by atoms with van der Waals surface area (Å²) in [4.78, 5) is 20.8. The predicted octanol–water partition coefficient (Wildman–Crippen LogP) is 2.90. The van der Waals surface area contributed by atoms with E-state index < -0.39 is 0 Å². The molecule has 1 aromatic heterocycles. The van der Waals surface area contributed by atoms with E-state index in [2.05, 4.69) is 36.6 Å². The number of halogens is 1. The molecule has 0 saturated heterocycles. The molecule has 1 heterocycles. The van der Waals surface area contributed by atoms with Crippen LogP contribution in [0.4, 0.5) is 11.4 Å². The highest BCUT2D eigenvalue weighted by molar-refractivity contribution is 9.10. The average molecular weight is 350 g/mol. The number of hydrogen-bond donors (Lipinski definition) is 3. The van der Waals surface area contributed by atoms with Crippen molar-refractivity contribution in [3.05, 3.63) is 46.5 Å². The molecule has 0 aliphatic carbocycles. The van der Waals surface area contributed by atoms with E-state index >= 15 is 0 Å². The summed E-state index contributed by atoms with van der Waals surface area (Å²) in [6, 6.07) is 7.31. The van der Waals surface area contributed by atoms with Gasteiger partial charge in [0.1, 0.15) is 5.82 Å². The summed E-state index contributed by atoms with van der Waals surface area (Å²) in [6.07, 6.45) is 1.51. The second kappa shape index (κ2) is 6.64. The van der Waals surface area contributed by atoms with E-state index in [-0.39, 0.29) is 17.5 Å². The molecular formula is C14H16BrN5O. The van der Waals surface area contributed by atoms with Crippen LogP contribution >= 0.6 is 15.9 Å². The van der Waals surface area contributed by atoms with Gasteiger partial charge in [-0.1, -0.05) is 35.8 Å². The molecule has 110 valence electrons. The standard InChI is InChI=1S/C14H16BrN5O/c1-8(2)13-17-7-11(20-16)12(19-13)14(21)18-10-5-3-4-9(15)6-10/h3-8,20H,16H2,1-2H3,(H,18,21). The molecule has 0 unspecified atom stereocenters. The van der Waals surface area contributed by atoms with Gasteiger partial charge in [-0.15, -0.1) is 0 Å². The molecule has 0 fully saturated rings. The summed E-state index contributed by atoms with van der Waals surface area (Å²) in [5.41, 5.74) is 3.71. The maximum absolute atomic E-state index is 12.4. The normalized spacial score (nSPS) is 10.5. The van der Waals surface area contributed by atoms with E-state index in [1.54, 1.807) is 12.1 Å². The molecular weight excluding hydrogens is 334 g/mol. The average Bonchev–Trinajstić information content (AvgIpc) is 2.46. The third-order valence-electron chi connectivity index (χ3n) is 2.78. The summed E-state index contributed by atoms with van der Waals surface area (Å²) < 4.78 is 0.878. The topological polar surface area (TPSA) is 92.9 Å². The molecule has 2 rings (SSSR count). The van der Waals surface area contributed by atoms with E-state index in [1.807, 2.05) is 26.0 Å². The van der Waals surface area contributed by atoms with Gasteiger partial charge in [-0.25, -0.2) is 9.97 Å². The van der Waals surface area contributed by atoms with Crippen molar-refractivity contribution in [1.82, 2.24) is 9.97 Å². The summed E-state index contributed by atoms with van der Waals surface area (Å²) in [5.74, 6) is 5.78. The fourth-order valence-corrected chi connectivity index (χ4v) is 2.11. The van der Waals surface area contributed by atoms with E-state index in [9.17, 15) is 4.79 Å². The highest BCUT2D eigenvalue weighted by Crippen LogP contribution is 2.19. The Morgan fingerprint density at radius 3 is 2.76 bits per heavy atom. The highest BCUT2D eigenvalue weighted by Gasteiger charge is 2.16. The molecule has 0 atom stereocenters. The molecule has 0 bridgehead atoms. The Kier molecular flexibility index (Phi) is 4.87. The quantitative estimate of drug-likeness (QED) is 0.582. The first kappa shape index (κ1) is 15.4. The van der Waals surface area contributed by atoms with E-state index in [0.717, 1.165) is 4.47 Å². The number of carbonyl (C=O) groups excluding carboxylic acids is 1. The Morgan fingerprint density at radius 2 is 2.14 bits per heavy atom. The lowest BCUT2D eigenvalue weighted by atomic mass is 10.2. The van der Waals surface area contributed by atoms with Gasteiger partial charge in [0.25, 0.3) is 5.91 Å². The van der Waals surface area contributed by atoms with Crippen LogP contribution in [0.15, 0.2) is 34.9 Å². The minimum atomic E-state index is -0.342. The summed E-state index contributed by atoms with van der Waals surface area (Å²) in [7, 11) is 0. The lowest BCUT2D eigenvalue weighted by molar-refractivity contribution is 0.102. The van der Waals surface area contributed by atoms with Crippen molar-refractivity contribution >= 4 is 33.2 Å². The Balaban J connectivity index is 2.31. The fraction of sp³-hybridized carbons (Fsp3) is 0.214. The van der Waals surface area contributed by atoms with Crippen LogP contribution in [0.5, 0.6) is 0 Å². The molecule has 0 radical (unpaired) electrons. The van der Waals surface area contributed by atoms with E-state index in [0.29, 0.717) is 17.2 Å². The number of hydrogen-bond acceptors (Lipinski definition) is 5. The minimum Gasteiger partial charge on any atom is -0.321 e. The van der Waals surface area contributed by atoms with Crippen LogP contribution in [0, 0.1) is 0 Å². The number of hydrazine groups is 1.